The fourth-order valence-corrected chi connectivity index (χ4v) is 3.15. The average Bonchev–Trinajstić information content (AvgIpc) is 2.58. The second-order valence-electron chi connectivity index (χ2n) is 6.57. The number of carbonyl (C=O) groups is 2. The maximum Gasteiger partial charge on any atom is 0.243 e. The molecule has 1 aromatic carbocycles. The van der Waals surface area contributed by atoms with Crippen LogP contribution in [-0.2, 0) is 14.3 Å². The topological polar surface area (TPSA) is 84.7 Å². The highest BCUT2D eigenvalue weighted by atomic mass is 16.5. The summed E-state index contributed by atoms with van der Waals surface area (Å²) in [6.07, 6.45) is 1.20. The van der Waals surface area contributed by atoms with Crippen molar-refractivity contribution < 1.29 is 14.3 Å². The highest BCUT2D eigenvalue weighted by molar-refractivity contribution is 5.96. The number of para-hydroxylation sites is 1. The minimum Gasteiger partial charge on any atom is -0.381 e. The lowest BCUT2D eigenvalue weighted by Gasteiger charge is -2.37. The number of carbonyl (C=O) groups excluding carboxylic acids is 2. The molecule has 1 aliphatic heterocycles. The van der Waals surface area contributed by atoms with Crippen molar-refractivity contribution in [2.75, 3.05) is 38.7 Å². The zero-order valence-corrected chi connectivity index (χ0v) is 14.7. The molecule has 0 aromatic heterocycles. The van der Waals surface area contributed by atoms with Crippen molar-refractivity contribution in [3.05, 3.63) is 29.3 Å². The first-order valence-corrected chi connectivity index (χ1v) is 8.29. The SMILES string of the molecule is Cc1cccc(C)c1NC(=O)CN(C)C(=O)C1(CN)CCOCC1. The molecule has 2 rings (SSSR count). The summed E-state index contributed by atoms with van der Waals surface area (Å²) in [7, 11) is 1.65. The van der Waals surface area contributed by atoms with Crippen LogP contribution in [0.1, 0.15) is 24.0 Å². The monoisotopic (exact) mass is 333 g/mol. The molecule has 6 heteroatoms. The molecule has 1 fully saturated rings. The van der Waals surface area contributed by atoms with Crippen LogP contribution in [0.4, 0.5) is 5.69 Å². The Kier molecular flexibility index (Phi) is 5.96. The van der Waals surface area contributed by atoms with Crippen LogP contribution in [0.2, 0.25) is 0 Å². The van der Waals surface area contributed by atoms with E-state index < -0.39 is 5.41 Å². The molecule has 0 aliphatic carbocycles. The molecule has 0 bridgehead atoms. The van der Waals surface area contributed by atoms with Gasteiger partial charge in [-0.2, -0.15) is 0 Å². The Bertz CT molecular complexity index is 589. The van der Waals surface area contributed by atoms with E-state index in [1.807, 2.05) is 32.0 Å². The summed E-state index contributed by atoms with van der Waals surface area (Å²) in [6.45, 7) is 5.25. The fourth-order valence-electron chi connectivity index (χ4n) is 3.15. The van der Waals surface area contributed by atoms with Gasteiger partial charge in [-0.25, -0.2) is 0 Å². The second kappa shape index (κ2) is 7.77. The van der Waals surface area contributed by atoms with E-state index >= 15 is 0 Å². The smallest absolute Gasteiger partial charge is 0.243 e. The maximum atomic E-state index is 12.8. The number of benzene rings is 1. The van der Waals surface area contributed by atoms with E-state index in [4.69, 9.17) is 10.5 Å². The Labute approximate surface area is 143 Å². The van der Waals surface area contributed by atoms with Crippen molar-refractivity contribution in [2.24, 2.45) is 11.1 Å². The number of amides is 2. The summed E-state index contributed by atoms with van der Waals surface area (Å²) in [5.41, 5.74) is 8.07. The van der Waals surface area contributed by atoms with E-state index in [2.05, 4.69) is 5.32 Å². The van der Waals surface area contributed by atoms with Crippen LogP contribution in [0.3, 0.4) is 0 Å². The number of aryl methyl sites for hydroxylation is 2. The molecular formula is C18H27N3O3. The van der Waals surface area contributed by atoms with E-state index in [0.29, 0.717) is 26.1 Å². The van der Waals surface area contributed by atoms with Gasteiger partial charge in [0, 0.05) is 32.5 Å². The predicted molar refractivity (Wildman–Crippen MR) is 93.7 cm³/mol. The van der Waals surface area contributed by atoms with Crippen molar-refractivity contribution in [1.29, 1.82) is 0 Å². The molecule has 132 valence electrons. The van der Waals surface area contributed by atoms with E-state index in [-0.39, 0.29) is 24.9 Å². The van der Waals surface area contributed by atoms with Gasteiger partial charge in [0.05, 0.1) is 12.0 Å². The largest absolute Gasteiger partial charge is 0.381 e. The van der Waals surface area contributed by atoms with Gasteiger partial charge in [-0.05, 0) is 37.8 Å². The van der Waals surface area contributed by atoms with E-state index in [1.165, 1.54) is 4.90 Å². The van der Waals surface area contributed by atoms with Crippen LogP contribution >= 0.6 is 0 Å². The van der Waals surface area contributed by atoms with Crippen LogP contribution in [0.25, 0.3) is 0 Å². The number of nitrogens with one attached hydrogen (secondary N) is 1. The predicted octanol–water partition coefficient (Wildman–Crippen LogP) is 1.46. The van der Waals surface area contributed by atoms with Crippen LogP contribution in [0.15, 0.2) is 18.2 Å². The number of ether oxygens (including phenoxy) is 1. The molecule has 0 saturated carbocycles. The van der Waals surface area contributed by atoms with Crippen molar-refractivity contribution in [1.82, 2.24) is 4.90 Å². The zero-order chi connectivity index (χ0) is 17.7. The first-order valence-electron chi connectivity index (χ1n) is 8.29. The van der Waals surface area contributed by atoms with Gasteiger partial charge in [0.25, 0.3) is 0 Å². The first kappa shape index (κ1) is 18.4. The van der Waals surface area contributed by atoms with Gasteiger partial charge in [-0.1, -0.05) is 18.2 Å². The average molecular weight is 333 g/mol. The van der Waals surface area contributed by atoms with E-state index in [0.717, 1.165) is 16.8 Å². The highest BCUT2D eigenvalue weighted by Gasteiger charge is 2.40. The van der Waals surface area contributed by atoms with Crippen molar-refractivity contribution in [2.45, 2.75) is 26.7 Å². The lowest BCUT2D eigenvalue weighted by atomic mass is 9.79. The Balaban J connectivity index is 2.01. The number of likely N-dealkylation sites (N-methyl/N-ethyl adjacent to an activating group) is 1. The van der Waals surface area contributed by atoms with Gasteiger partial charge in [0.2, 0.25) is 11.8 Å². The summed E-state index contributed by atoms with van der Waals surface area (Å²) in [5, 5.41) is 2.91. The van der Waals surface area contributed by atoms with Crippen molar-refractivity contribution in [3.63, 3.8) is 0 Å². The van der Waals surface area contributed by atoms with Gasteiger partial charge >= 0.3 is 0 Å². The molecule has 1 heterocycles. The standard InChI is InChI=1S/C18H27N3O3/c1-13-5-4-6-14(2)16(13)20-15(22)11-21(3)17(23)18(12-19)7-9-24-10-8-18/h4-6H,7-12,19H2,1-3H3,(H,20,22). The first-order chi connectivity index (χ1) is 11.4. The molecule has 1 aromatic rings. The summed E-state index contributed by atoms with van der Waals surface area (Å²) < 4.78 is 5.34. The molecule has 1 aliphatic rings. The van der Waals surface area contributed by atoms with Crippen LogP contribution < -0.4 is 11.1 Å². The fraction of sp³-hybridized carbons (Fsp3) is 0.556. The lowest BCUT2D eigenvalue weighted by Crippen LogP contribution is -2.51. The maximum absolute atomic E-state index is 12.8. The van der Waals surface area contributed by atoms with Gasteiger partial charge in [0.15, 0.2) is 0 Å². The van der Waals surface area contributed by atoms with Crippen LogP contribution in [-0.4, -0.2) is 50.1 Å². The molecule has 2 amide bonds. The highest BCUT2D eigenvalue weighted by Crippen LogP contribution is 2.31. The number of rotatable bonds is 5. The Morgan fingerprint density at radius 2 is 1.83 bits per heavy atom. The van der Waals surface area contributed by atoms with Gasteiger partial charge in [0.1, 0.15) is 0 Å². The molecule has 6 nitrogen and oxygen atoms in total. The minimum absolute atomic E-state index is 0.00914. The third kappa shape index (κ3) is 3.94. The molecule has 0 atom stereocenters. The third-order valence-electron chi connectivity index (χ3n) is 4.77. The summed E-state index contributed by atoms with van der Waals surface area (Å²) >= 11 is 0. The molecule has 1 saturated heterocycles. The number of anilines is 1. The Hall–Kier alpha value is -1.92. The Morgan fingerprint density at radius 1 is 1.25 bits per heavy atom. The minimum atomic E-state index is -0.605. The summed E-state index contributed by atoms with van der Waals surface area (Å²) in [5.74, 6) is -0.285. The third-order valence-corrected chi connectivity index (χ3v) is 4.77. The summed E-state index contributed by atoms with van der Waals surface area (Å²) in [6, 6.07) is 5.85. The van der Waals surface area contributed by atoms with Crippen LogP contribution in [0, 0.1) is 19.3 Å². The Morgan fingerprint density at radius 3 is 2.38 bits per heavy atom. The zero-order valence-electron chi connectivity index (χ0n) is 14.7. The number of nitrogens with zero attached hydrogens (tertiary/aromatic N) is 1. The molecule has 24 heavy (non-hydrogen) atoms. The van der Waals surface area contributed by atoms with Gasteiger partial charge in [-0.3, -0.25) is 9.59 Å². The lowest BCUT2D eigenvalue weighted by molar-refractivity contribution is -0.147. The molecule has 0 unspecified atom stereocenters. The van der Waals surface area contributed by atoms with Crippen molar-refractivity contribution in [3.8, 4) is 0 Å². The normalized spacial score (nSPS) is 16.5. The number of nitrogens with two attached hydrogens (primary N) is 1. The van der Waals surface area contributed by atoms with E-state index in [9.17, 15) is 9.59 Å². The second-order valence-corrected chi connectivity index (χ2v) is 6.57. The number of hydrogen-bond acceptors (Lipinski definition) is 4. The quantitative estimate of drug-likeness (QED) is 0.854. The molecule has 0 radical (unpaired) electrons. The van der Waals surface area contributed by atoms with Gasteiger partial charge < -0.3 is 20.7 Å². The van der Waals surface area contributed by atoms with Gasteiger partial charge in [-0.15, -0.1) is 0 Å². The summed E-state index contributed by atoms with van der Waals surface area (Å²) in [4.78, 5) is 26.6. The van der Waals surface area contributed by atoms with E-state index in [1.54, 1.807) is 7.05 Å². The van der Waals surface area contributed by atoms with Crippen LogP contribution in [0.5, 0.6) is 0 Å². The van der Waals surface area contributed by atoms with Crippen molar-refractivity contribution >= 4 is 17.5 Å². The number of hydrogen-bond donors (Lipinski definition) is 2. The molecular weight excluding hydrogens is 306 g/mol. The molecule has 3 N–H and O–H groups in total. The molecule has 0 spiro atoms.